The molecule has 45 heavy (non-hydrogen) atoms. The Labute approximate surface area is 263 Å². The minimum absolute atomic E-state index is 0.0737. The largest absolute Gasteiger partial charge is 0.478 e. The molecule has 11 heteroatoms. The topological polar surface area (TPSA) is 157 Å². The lowest BCUT2D eigenvalue weighted by Crippen LogP contribution is -2.73. The standard InChI is InChI=1S/C34H43N3O8/c1-2-3-15-37-29(38)28(21-33(44)11-5-4-6-12-33)35-32(43)34(37)13-16-36(17-14-34)22-23-7-9-26(10-8-23)45-27-19-24(30(39)40)18-25(20-27)31(41)42/h7-10,18-20,28,44H,2-6,11-17,21-22H2,1H3,(H,35,43)(H,39,40)(H,41,42)/t28-/m1/s1. The molecule has 0 bridgehead atoms. The molecule has 2 aliphatic heterocycles. The fraction of sp³-hybridized carbons (Fsp3) is 0.529. The molecule has 242 valence electrons. The summed E-state index contributed by atoms with van der Waals surface area (Å²) >= 11 is 0. The molecule has 0 aromatic heterocycles. The summed E-state index contributed by atoms with van der Waals surface area (Å²) in [5.74, 6) is -2.13. The summed E-state index contributed by atoms with van der Waals surface area (Å²) in [6.45, 7) is 4.51. The number of carbonyl (C=O) groups excluding carboxylic acids is 2. The SMILES string of the molecule is CCCCN1C(=O)[C@@H](CC2(O)CCCCC2)NC(=O)C12CCN(Cc1ccc(Oc3cc(C(=O)O)cc(C(=O)O)c3)cc1)CC2. The highest BCUT2D eigenvalue weighted by Crippen LogP contribution is 2.38. The van der Waals surface area contributed by atoms with Crippen molar-refractivity contribution in [2.24, 2.45) is 0 Å². The lowest BCUT2D eigenvalue weighted by atomic mass is 9.77. The second-order valence-corrected chi connectivity index (χ2v) is 12.8. The number of piperazine rings is 1. The second kappa shape index (κ2) is 13.6. The molecule has 11 nitrogen and oxygen atoms in total. The number of nitrogens with one attached hydrogen (secondary N) is 1. The van der Waals surface area contributed by atoms with Gasteiger partial charge in [0.15, 0.2) is 0 Å². The number of ether oxygens (including phenoxy) is 1. The number of carboxylic acids is 2. The minimum atomic E-state index is -1.25. The lowest BCUT2D eigenvalue weighted by Gasteiger charge is -2.52. The van der Waals surface area contributed by atoms with Crippen molar-refractivity contribution in [1.29, 1.82) is 0 Å². The van der Waals surface area contributed by atoms with Crippen LogP contribution in [0.5, 0.6) is 11.5 Å². The van der Waals surface area contributed by atoms with Crippen molar-refractivity contribution in [3.8, 4) is 11.5 Å². The van der Waals surface area contributed by atoms with Crippen LogP contribution in [-0.2, 0) is 16.1 Å². The quantitative estimate of drug-likeness (QED) is 0.285. The van der Waals surface area contributed by atoms with Crippen molar-refractivity contribution < 1.29 is 39.2 Å². The van der Waals surface area contributed by atoms with Crippen LogP contribution in [0.3, 0.4) is 0 Å². The molecule has 2 aromatic carbocycles. The third-order valence-corrected chi connectivity index (χ3v) is 9.56. The minimum Gasteiger partial charge on any atom is -0.478 e. The van der Waals surface area contributed by atoms with Crippen LogP contribution in [-0.4, -0.2) is 85.7 Å². The third kappa shape index (κ3) is 7.31. The maximum atomic E-state index is 13.8. The number of hydrogen-bond donors (Lipinski definition) is 4. The first-order chi connectivity index (χ1) is 21.5. The highest BCUT2D eigenvalue weighted by Gasteiger charge is 2.54. The molecular weight excluding hydrogens is 578 g/mol. The van der Waals surface area contributed by atoms with Crippen molar-refractivity contribution in [1.82, 2.24) is 15.1 Å². The van der Waals surface area contributed by atoms with Crippen molar-refractivity contribution in [3.05, 3.63) is 59.2 Å². The summed E-state index contributed by atoms with van der Waals surface area (Å²) in [5, 5.41) is 32.8. The lowest BCUT2D eigenvalue weighted by molar-refractivity contribution is -0.163. The van der Waals surface area contributed by atoms with Gasteiger partial charge in [0.2, 0.25) is 11.8 Å². The zero-order valence-electron chi connectivity index (χ0n) is 25.8. The van der Waals surface area contributed by atoms with Gasteiger partial charge in [-0.15, -0.1) is 0 Å². The number of piperidine rings is 1. The van der Waals surface area contributed by atoms with Crippen LogP contribution >= 0.6 is 0 Å². The van der Waals surface area contributed by atoms with E-state index < -0.39 is 29.1 Å². The molecule has 2 aromatic rings. The second-order valence-electron chi connectivity index (χ2n) is 12.8. The highest BCUT2D eigenvalue weighted by molar-refractivity contribution is 6.00. The molecule has 1 atom stereocenters. The number of carbonyl (C=O) groups is 4. The van der Waals surface area contributed by atoms with E-state index in [1.54, 1.807) is 12.1 Å². The smallest absolute Gasteiger partial charge is 0.335 e. The molecule has 1 spiro atoms. The fourth-order valence-corrected chi connectivity index (χ4v) is 6.99. The maximum Gasteiger partial charge on any atom is 0.335 e. The fourth-order valence-electron chi connectivity index (χ4n) is 6.99. The number of rotatable bonds is 11. The van der Waals surface area contributed by atoms with Gasteiger partial charge in [-0.25, -0.2) is 9.59 Å². The molecule has 4 N–H and O–H groups in total. The average Bonchev–Trinajstić information content (AvgIpc) is 3.02. The number of unbranched alkanes of at least 4 members (excludes halogenated alkanes) is 1. The monoisotopic (exact) mass is 621 g/mol. The molecule has 2 saturated heterocycles. The van der Waals surface area contributed by atoms with Crippen molar-refractivity contribution in [2.45, 2.75) is 94.9 Å². The van der Waals surface area contributed by atoms with Crippen LogP contribution in [0.15, 0.2) is 42.5 Å². The zero-order chi connectivity index (χ0) is 32.2. The first kappa shape index (κ1) is 32.4. The van der Waals surface area contributed by atoms with Crippen LogP contribution < -0.4 is 10.1 Å². The van der Waals surface area contributed by atoms with Crippen molar-refractivity contribution in [2.75, 3.05) is 19.6 Å². The van der Waals surface area contributed by atoms with E-state index in [1.165, 1.54) is 12.1 Å². The van der Waals surface area contributed by atoms with Gasteiger partial charge in [-0.3, -0.25) is 14.5 Å². The molecular formula is C34H43N3O8. The van der Waals surface area contributed by atoms with E-state index in [4.69, 9.17) is 4.74 Å². The molecule has 3 fully saturated rings. The van der Waals surface area contributed by atoms with Crippen LogP contribution in [0, 0.1) is 0 Å². The van der Waals surface area contributed by atoms with E-state index in [-0.39, 0.29) is 35.1 Å². The van der Waals surface area contributed by atoms with E-state index >= 15 is 0 Å². The van der Waals surface area contributed by atoms with Crippen LogP contribution in [0.25, 0.3) is 0 Å². The molecule has 5 rings (SSSR count). The maximum absolute atomic E-state index is 13.8. The van der Waals surface area contributed by atoms with Gasteiger partial charge in [0.05, 0.1) is 16.7 Å². The zero-order valence-corrected chi connectivity index (χ0v) is 25.8. The van der Waals surface area contributed by atoms with Crippen LogP contribution in [0.4, 0.5) is 0 Å². The van der Waals surface area contributed by atoms with Crippen LogP contribution in [0.2, 0.25) is 0 Å². The van der Waals surface area contributed by atoms with Gasteiger partial charge >= 0.3 is 11.9 Å². The van der Waals surface area contributed by atoms with Gasteiger partial charge in [0, 0.05) is 32.6 Å². The Balaban J connectivity index is 1.22. The normalized spacial score (nSPS) is 21.4. The predicted octanol–water partition coefficient (Wildman–Crippen LogP) is 4.42. The number of carboxylic acid groups (broad SMARTS) is 2. The molecule has 1 saturated carbocycles. The molecule has 2 heterocycles. The molecule has 3 aliphatic rings. The van der Waals surface area contributed by atoms with Gasteiger partial charge in [0.25, 0.3) is 0 Å². The number of hydrogen-bond acceptors (Lipinski definition) is 7. The van der Waals surface area contributed by atoms with Gasteiger partial charge in [0.1, 0.15) is 23.1 Å². The summed E-state index contributed by atoms with van der Waals surface area (Å²) in [6, 6.07) is 10.2. The summed E-state index contributed by atoms with van der Waals surface area (Å²) in [7, 11) is 0. The number of likely N-dealkylation sites (tertiary alicyclic amines) is 1. The van der Waals surface area contributed by atoms with E-state index in [1.807, 2.05) is 17.0 Å². The van der Waals surface area contributed by atoms with Crippen molar-refractivity contribution in [3.63, 3.8) is 0 Å². The van der Waals surface area contributed by atoms with Gasteiger partial charge in [-0.2, -0.15) is 0 Å². The van der Waals surface area contributed by atoms with E-state index in [2.05, 4.69) is 17.1 Å². The molecule has 0 unspecified atom stereocenters. The Morgan fingerprint density at radius 3 is 2.11 bits per heavy atom. The molecule has 1 aliphatic carbocycles. The highest BCUT2D eigenvalue weighted by atomic mass is 16.5. The van der Waals surface area contributed by atoms with E-state index in [0.29, 0.717) is 57.6 Å². The molecule has 0 radical (unpaired) electrons. The first-order valence-corrected chi connectivity index (χ1v) is 16.0. The van der Waals surface area contributed by atoms with E-state index in [0.717, 1.165) is 43.7 Å². The molecule has 2 amide bonds. The Morgan fingerprint density at radius 1 is 0.911 bits per heavy atom. The summed E-state index contributed by atoms with van der Waals surface area (Å²) in [5.41, 5.74) is -1.13. The van der Waals surface area contributed by atoms with Crippen molar-refractivity contribution >= 4 is 23.8 Å². The number of aliphatic hydroxyl groups is 1. The number of nitrogens with zero attached hydrogens (tertiary/aromatic N) is 2. The van der Waals surface area contributed by atoms with E-state index in [9.17, 15) is 34.5 Å². The number of amides is 2. The van der Waals surface area contributed by atoms with Gasteiger partial charge in [-0.05, 0) is 68.0 Å². The Morgan fingerprint density at radius 2 is 1.53 bits per heavy atom. The first-order valence-electron chi connectivity index (χ1n) is 16.0. The average molecular weight is 622 g/mol. The van der Waals surface area contributed by atoms with Crippen LogP contribution in [0.1, 0.15) is 97.4 Å². The Hall–Kier alpha value is -3.96. The van der Waals surface area contributed by atoms with Gasteiger partial charge < -0.3 is 30.3 Å². The Bertz CT molecular complexity index is 1380. The van der Waals surface area contributed by atoms with Gasteiger partial charge in [-0.1, -0.05) is 44.7 Å². The number of benzene rings is 2. The number of aromatic carboxylic acids is 2. The third-order valence-electron chi connectivity index (χ3n) is 9.56. The summed E-state index contributed by atoms with van der Waals surface area (Å²) in [4.78, 5) is 54.4. The summed E-state index contributed by atoms with van der Waals surface area (Å²) < 4.78 is 5.77. The predicted molar refractivity (Wildman–Crippen MR) is 165 cm³/mol. The summed E-state index contributed by atoms with van der Waals surface area (Å²) in [6.07, 6.45) is 7.35. The Kier molecular flexibility index (Phi) is 9.79.